The zero-order valence-corrected chi connectivity index (χ0v) is 5.12. The molecular formula is C2H4Cl2N2O. The SMILES string of the molecule is CC(=O)NN(Cl)Cl. The van der Waals surface area contributed by atoms with Crippen molar-refractivity contribution in [3.63, 3.8) is 0 Å². The first-order chi connectivity index (χ1) is 3.13. The molecule has 0 aromatic carbocycles. The second kappa shape index (κ2) is 3.07. The number of hydrazine groups is 1. The molecular weight excluding hydrogens is 139 g/mol. The van der Waals surface area contributed by atoms with Gasteiger partial charge in [-0.15, -0.1) is 0 Å². The number of hydrogen-bond donors (Lipinski definition) is 1. The second-order valence-electron chi connectivity index (χ2n) is 0.901. The van der Waals surface area contributed by atoms with E-state index in [2.05, 4.69) is 0 Å². The Balaban J connectivity index is 3.13. The van der Waals surface area contributed by atoms with Gasteiger partial charge in [0.15, 0.2) is 0 Å². The Morgan fingerprint density at radius 3 is 2.14 bits per heavy atom. The molecule has 0 rings (SSSR count). The van der Waals surface area contributed by atoms with Crippen LogP contribution in [-0.4, -0.2) is 9.95 Å². The van der Waals surface area contributed by atoms with Crippen LogP contribution < -0.4 is 5.43 Å². The summed E-state index contributed by atoms with van der Waals surface area (Å²) in [7, 11) is 0. The molecule has 0 aliphatic carbocycles. The van der Waals surface area contributed by atoms with Crippen molar-refractivity contribution >= 4 is 29.5 Å². The number of nitrogens with zero attached hydrogens (tertiary/aromatic N) is 1. The van der Waals surface area contributed by atoms with E-state index in [4.69, 9.17) is 23.6 Å². The van der Waals surface area contributed by atoms with Crippen molar-refractivity contribution in [3.05, 3.63) is 0 Å². The lowest BCUT2D eigenvalue weighted by molar-refractivity contribution is -0.120. The predicted octanol–water partition coefficient (Wildman–Crippen LogP) is 0.647. The van der Waals surface area contributed by atoms with Crippen molar-refractivity contribution < 1.29 is 4.79 Å². The minimum absolute atomic E-state index is 0.301. The highest BCUT2D eigenvalue weighted by Gasteiger charge is 1.92. The summed E-state index contributed by atoms with van der Waals surface area (Å²) in [6.45, 7) is 1.30. The molecule has 0 aromatic rings. The molecule has 0 bridgehead atoms. The van der Waals surface area contributed by atoms with Gasteiger partial charge in [0.25, 0.3) is 0 Å². The number of halogens is 2. The maximum Gasteiger partial charge on any atom is 0.233 e. The van der Waals surface area contributed by atoms with Crippen LogP contribution >= 0.6 is 23.6 Å². The fourth-order valence-corrected chi connectivity index (χ4v) is 0.357. The Morgan fingerprint density at radius 2 is 2.14 bits per heavy atom. The molecule has 1 amide bonds. The van der Waals surface area contributed by atoms with Crippen molar-refractivity contribution in [3.8, 4) is 0 Å². The van der Waals surface area contributed by atoms with Gasteiger partial charge >= 0.3 is 0 Å². The van der Waals surface area contributed by atoms with E-state index >= 15 is 0 Å². The highest BCUT2D eigenvalue weighted by atomic mass is 35.5. The van der Waals surface area contributed by atoms with Crippen LogP contribution in [-0.2, 0) is 4.79 Å². The third-order valence-electron chi connectivity index (χ3n) is 0.242. The summed E-state index contributed by atoms with van der Waals surface area (Å²) in [6, 6.07) is 0. The zero-order valence-electron chi connectivity index (χ0n) is 3.61. The van der Waals surface area contributed by atoms with Crippen LogP contribution in [0.4, 0.5) is 0 Å². The second-order valence-corrected chi connectivity index (χ2v) is 1.75. The van der Waals surface area contributed by atoms with Gasteiger partial charge in [0, 0.05) is 30.5 Å². The summed E-state index contributed by atoms with van der Waals surface area (Å²) in [6.07, 6.45) is 0. The van der Waals surface area contributed by atoms with Crippen LogP contribution in [0.25, 0.3) is 0 Å². The Labute approximate surface area is 51.4 Å². The Kier molecular flexibility index (Phi) is 3.07. The zero-order chi connectivity index (χ0) is 5.86. The van der Waals surface area contributed by atoms with E-state index in [-0.39, 0.29) is 5.91 Å². The predicted molar refractivity (Wildman–Crippen MR) is 27.4 cm³/mol. The lowest BCUT2D eigenvalue weighted by Gasteiger charge is -1.99. The molecule has 0 atom stereocenters. The average molecular weight is 143 g/mol. The maximum atomic E-state index is 9.93. The number of hydrogen-bond acceptors (Lipinski definition) is 2. The molecule has 3 nitrogen and oxygen atoms in total. The van der Waals surface area contributed by atoms with Gasteiger partial charge in [-0.25, -0.2) is 0 Å². The Hall–Kier alpha value is 0.01000. The van der Waals surface area contributed by atoms with Crippen LogP contribution in [0.5, 0.6) is 0 Å². The summed E-state index contributed by atoms with van der Waals surface area (Å²) < 4.78 is 0.544. The fraction of sp³-hybridized carbons (Fsp3) is 0.500. The van der Waals surface area contributed by atoms with Crippen molar-refractivity contribution in [2.24, 2.45) is 0 Å². The van der Waals surface area contributed by atoms with Gasteiger partial charge in [-0.2, -0.15) is 0 Å². The van der Waals surface area contributed by atoms with E-state index in [1.165, 1.54) is 6.92 Å². The minimum atomic E-state index is -0.301. The van der Waals surface area contributed by atoms with Gasteiger partial charge < -0.3 is 0 Å². The van der Waals surface area contributed by atoms with Crippen LogP contribution in [0.2, 0.25) is 0 Å². The van der Waals surface area contributed by atoms with Crippen LogP contribution in [0.15, 0.2) is 0 Å². The number of rotatable bonds is 1. The maximum absolute atomic E-state index is 9.93. The third-order valence-corrected chi connectivity index (χ3v) is 0.411. The summed E-state index contributed by atoms with van der Waals surface area (Å²) >= 11 is 9.88. The summed E-state index contributed by atoms with van der Waals surface area (Å²) in [5.74, 6) is -0.301. The first-order valence-electron chi connectivity index (χ1n) is 1.52. The van der Waals surface area contributed by atoms with E-state index in [0.717, 1.165) is 0 Å². The Bertz CT molecular complexity index is 74.1. The minimum Gasteiger partial charge on any atom is -0.274 e. The summed E-state index contributed by atoms with van der Waals surface area (Å²) in [4.78, 5) is 9.93. The number of amides is 1. The summed E-state index contributed by atoms with van der Waals surface area (Å²) in [5, 5.41) is 0. The monoisotopic (exact) mass is 142 g/mol. The normalized spacial score (nSPS) is 9.14. The number of nitrogens with one attached hydrogen (secondary N) is 1. The number of carbonyl (C=O) groups excluding carboxylic acids is 1. The van der Waals surface area contributed by atoms with Crippen molar-refractivity contribution in [2.75, 3.05) is 0 Å². The molecule has 0 radical (unpaired) electrons. The van der Waals surface area contributed by atoms with E-state index in [1.54, 1.807) is 0 Å². The molecule has 0 unspecified atom stereocenters. The van der Waals surface area contributed by atoms with Crippen molar-refractivity contribution in [1.82, 2.24) is 9.47 Å². The largest absolute Gasteiger partial charge is 0.274 e. The molecule has 5 heteroatoms. The first-order valence-corrected chi connectivity index (χ1v) is 2.19. The van der Waals surface area contributed by atoms with Gasteiger partial charge in [0.05, 0.1) is 0 Å². The van der Waals surface area contributed by atoms with Gasteiger partial charge in [-0.1, -0.05) is 0 Å². The third kappa shape index (κ3) is 6.01. The molecule has 42 valence electrons. The van der Waals surface area contributed by atoms with E-state index < -0.39 is 0 Å². The quantitative estimate of drug-likeness (QED) is 0.431. The molecule has 0 saturated carbocycles. The van der Waals surface area contributed by atoms with Crippen LogP contribution in [0.1, 0.15) is 6.92 Å². The molecule has 0 aliphatic rings. The van der Waals surface area contributed by atoms with Crippen LogP contribution in [0, 0.1) is 0 Å². The first kappa shape index (κ1) is 7.01. The molecule has 7 heavy (non-hydrogen) atoms. The number of carbonyl (C=O) groups is 1. The molecule has 0 aromatic heterocycles. The molecule has 0 fully saturated rings. The fourth-order valence-electron chi connectivity index (χ4n) is 0.119. The van der Waals surface area contributed by atoms with E-state index in [9.17, 15) is 4.79 Å². The lowest BCUT2D eigenvalue weighted by Crippen LogP contribution is -2.26. The Morgan fingerprint density at radius 1 is 1.71 bits per heavy atom. The summed E-state index contributed by atoms with van der Waals surface area (Å²) in [5.41, 5.74) is 2.03. The molecule has 0 aliphatic heterocycles. The van der Waals surface area contributed by atoms with Gasteiger partial charge in [-0.05, 0) is 4.05 Å². The molecule has 0 heterocycles. The topological polar surface area (TPSA) is 32.3 Å². The molecule has 1 N–H and O–H groups in total. The van der Waals surface area contributed by atoms with Gasteiger partial charge in [0.1, 0.15) is 0 Å². The smallest absolute Gasteiger partial charge is 0.233 e. The van der Waals surface area contributed by atoms with Crippen LogP contribution in [0.3, 0.4) is 0 Å². The lowest BCUT2D eigenvalue weighted by atomic mass is 10.8. The molecule has 0 spiro atoms. The highest BCUT2D eigenvalue weighted by molar-refractivity contribution is 6.33. The van der Waals surface area contributed by atoms with Gasteiger partial charge in [0.2, 0.25) is 5.91 Å². The molecule has 0 saturated heterocycles. The highest BCUT2D eigenvalue weighted by Crippen LogP contribution is 1.89. The average Bonchev–Trinajstić information content (AvgIpc) is 1.27. The van der Waals surface area contributed by atoms with Gasteiger partial charge in [-0.3, -0.25) is 10.2 Å². The van der Waals surface area contributed by atoms with E-state index in [0.29, 0.717) is 4.05 Å². The van der Waals surface area contributed by atoms with E-state index in [1.807, 2.05) is 5.43 Å². The van der Waals surface area contributed by atoms with Crippen molar-refractivity contribution in [1.29, 1.82) is 0 Å². The van der Waals surface area contributed by atoms with Crippen molar-refractivity contribution in [2.45, 2.75) is 6.92 Å². The standard InChI is InChI=1S/C2H4Cl2N2O/c1-2(7)5-6(3)4/h1H3,(H,5,7).